The lowest BCUT2D eigenvalue weighted by Gasteiger charge is -2.05. The number of rotatable bonds is 18. The van der Waals surface area contributed by atoms with Crippen LogP contribution in [0.25, 0.3) is 33.8 Å². The van der Waals surface area contributed by atoms with Gasteiger partial charge in [-0.2, -0.15) is 0 Å². The summed E-state index contributed by atoms with van der Waals surface area (Å²) >= 11 is 3.48. The van der Waals surface area contributed by atoms with Crippen LogP contribution in [0.15, 0.2) is 255 Å². The van der Waals surface area contributed by atoms with Crippen molar-refractivity contribution in [1.82, 2.24) is 30.4 Å². The Morgan fingerprint density at radius 2 is 0.770 bits per heavy atom. The highest BCUT2D eigenvalue weighted by Gasteiger charge is 2.17. The zero-order chi connectivity index (χ0) is 60.2. The summed E-state index contributed by atoms with van der Waals surface area (Å²) in [6.07, 6.45) is 4.24. The molecule has 0 saturated heterocycles. The molecule has 0 atom stereocenters. The van der Waals surface area contributed by atoms with E-state index in [0.717, 1.165) is 26.7 Å². The van der Waals surface area contributed by atoms with E-state index >= 15 is 0 Å². The molecule has 6 aromatic carbocycles. The number of nitrogens with zero attached hydrogens (tertiary/aromatic N) is 6. The second-order valence-corrected chi connectivity index (χ2v) is 19.7. The molecule has 6 heterocycles. The Kier molecular flexibility index (Phi) is 19.8. The van der Waals surface area contributed by atoms with Gasteiger partial charge in [0.1, 0.15) is 34.3 Å². The summed E-state index contributed by atoms with van der Waals surface area (Å²) in [5, 5.41) is 12.1. The van der Waals surface area contributed by atoms with Crippen molar-refractivity contribution in [2.45, 2.75) is 33.7 Å². The van der Waals surface area contributed by atoms with Gasteiger partial charge in [0.15, 0.2) is 37.1 Å². The van der Waals surface area contributed by atoms with E-state index in [-0.39, 0.29) is 19.8 Å². The Morgan fingerprint density at radius 3 is 1.17 bits per heavy atom. The summed E-state index contributed by atoms with van der Waals surface area (Å²) in [5.41, 5.74) is 8.09. The average Bonchev–Trinajstić information content (AvgIpc) is 4.04. The standard InChI is InChI=1S/2C23H18N2O4.C22H15BrN2O4/c1-16-6-5-7-17(12-16)21-13-20(29-25-21)15-27-23(26)18-10-11-22(24-14-18)28-19-8-3-2-4-9-19;1-16-7-9-17(10-8-16)21-13-20(29-25-21)15-27-23(26)18-11-12-22(24-14-18)28-19-5-3-2-4-6-19;23-19-9-5-4-8-18(19)20-12-17(29-25-20)14-27-22(26)15-10-11-21(24-13-15)28-16-6-2-1-3-7-16/h2*2-14H,15H2,1H3;1-13H,14H2. The van der Waals surface area contributed by atoms with Crippen LogP contribution in [0.2, 0.25) is 0 Å². The van der Waals surface area contributed by atoms with E-state index in [2.05, 4.69) is 46.4 Å². The molecule has 0 bridgehead atoms. The normalized spacial score (nSPS) is 10.5. The summed E-state index contributed by atoms with van der Waals surface area (Å²) in [4.78, 5) is 49.2. The Balaban J connectivity index is 0.000000144. The van der Waals surface area contributed by atoms with Crippen LogP contribution in [-0.4, -0.2) is 48.3 Å². The molecule has 0 aliphatic heterocycles. The van der Waals surface area contributed by atoms with Gasteiger partial charge in [-0.25, -0.2) is 29.3 Å². The number of aromatic nitrogens is 6. The van der Waals surface area contributed by atoms with Gasteiger partial charge in [0.25, 0.3) is 0 Å². The molecular formula is C68H51BrN6O12. The van der Waals surface area contributed by atoms with Crippen LogP contribution < -0.4 is 14.2 Å². The van der Waals surface area contributed by atoms with Crippen molar-refractivity contribution < 1.29 is 56.4 Å². The lowest BCUT2D eigenvalue weighted by Crippen LogP contribution is -2.05. The summed E-state index contributed by atoms with van der Waals surface area (Å²) in [7, 11) is 0. The summed E-state index contributed by atoms with van der Waals surface area (Å²) in [5.74, 6) is 3.05. The number of hydrogen-bond donors (Lipinski definition) is 0. The van der Waals surface area contributed by atoms with E-state index in [1.165, 1.54) is 24.2 Å². The number of pyridine rings is 3. The molecule has 0 radical (unpaired) electrons. The fourth-order valence-corrected chi connectivity index (χ4v) is 8.40. The molecule has 12 rings (SSSR count). The summed E-state index contributed by atoms with van der Waals surface area (Å²) in [6.45, 7) is 3.97. The number of carbonyl (C=O) groups is 3. The number of esters is 3. The third-order valence-electron chi connectivity index (χ3n) is 12.3. The third-order valence-corrected chi connectivity index (χ3v) is 13.0. The van der Waals surface area contributed by atoms with Gasteiger partial charge in [0.05, 0.1) is 16.7 Å². The fourth-order valence-electron chi connectivity index (χ4n) is 7.91. The maximum absolute atomic E-state index is 12.2. The summed E-state index contributed by atoms with van der Waals surface area (Å²) in [6, 6.07) is 66.3. The first kappa shape index (κ1) is 58.9. The molecular weight excluding hydrogens is 1170 g/mol. The zero-order valence-corrected chi connectivity index (χ0v) is 48.2. The number of benzene rings is 6. The summed E-state index contributed by atoms with van der Waals surface area (Å²) < 4.78 is 49.4. The molecule has 0 saturated carbocycles. The Morgan fingerprint density at radius 1 is 0.379 bits per heavy atom. The molecule has 19 heteroatoms. The number of hydrogen-bond acceptors (Lipinski definition) is 18. The van der Waals surface area contributed by atoms with Gasteiger partial charge in [0, 0.05) is 76.2 Å². The second kappa shape index (κ2) is 29.3. The highest BCUT2D eigenvalue weighted by atomic mass is 79.9. The van der Waals surface area contributed by atoms with Gasteiger partial charge in [-0.1, -0.05) is 158 Å². The Hall–Kier alpha value is -11.3. The molecule has 6 aromatic heterocycles. The van der Waals surface area contributed by atoms with Crippen LogP contribution >= 0.6 is 15.9 Å². The number of ether oxygens (including phenoxy) is 6. The van der Waals surface area contributed by atoms with Gasteiger partial charge < -0.3 is 42.0 Å². The first-order valence-electron chi connectivity index (χ1n) is 26.9. The van der Waals surface area contributed by atoms with Crippen LogP contribution in [0.5, 0.6) is 34.9 Å². The molecule has 0 amide bonds. The van der Waals surface area contributed by atoms with Crippen LogP contribution in [0.4, 0.5) is 0 Å². The van der Waals surface area contributed by atoms with Crippen molar-refractivity contribution in [2.24, 2.45) is 0 Å². The molecule has 18 nitrogen and oxygen atoms in total. The minimum absolute atomic E-state index is 0.0139. The van der Waals surface area contributed by atoms with Gasteiger partial charge in [0.2, 0.25) is 17.6 Å². The SMILES string of the molecule is Cc1ccc(-c2cc(COC(=O)c3ccc(Oc4ccccc4)nc3)on2)cc1.Cc1cccc(-c2cc(COC(=O)c3ccc(Oc4ccccc4)nc3)on2)c1.O=C(OCc1cc(-c2ccccc2Br)no1)c1ccc(Oc2ccccc2)nc1. The predicted molar refractivity (Wildman–Crippen MR) is 323 cm³/mol. The van der Waals surface area contributed by atoms with Gasteiger partial charge in [-0.15, -0.1) is 0 Å². The largest absolute Gasteiger partial charge is 0.454 e. The molecule has 87 heavy (non-hydrogen) atoms. The quantitative estimate of drug-likeness (QED) is 0.0575. The van der Waals surface area contributed by atoms with Crippen LogP contribution in [0, 0.1) is 13.8 Å². The van der Waals surface area contributed by atoms with E-state index in [1.54, 1.807) is 54.6 Å². The minimum Gasteiger partial charge on any atom is -0.454 e. The highest BCUT2D eigenvalue weighted by molar-refractivity contribution is 9.10. The maximum Gasteiger partial charge on any atom is 0.340 e. The van der Waals surface area contributed by atoms with Crippen LogP contribution in [-0.2, 0) is 34.0 Å². The van der Waals surface area contributed by atoms with Gasteiger partial charge in [-0.3, -0.25) is 0 Å². The first-order chi connectivity index (χ1) is 42.5. The minimum atomic E-state index is -0.511. The lowest BCUT2D eigenvalue weighted by molar-refractivity contribution is 0.0429. The zero-order valence-electron chi connectivity index (χ0n) is 46.6. The molecule has 0 aliphatic rings. The van der Waals surface area contributed by atoms with Crippen LogP contribution in [0.3, 0.4) is 0 Å². The van der Waals surface area contributed by atoms with Gasteiger partial charge in [-0.05, 0) is 80.6 Å². The molecule has 0 spiro atoms. The fraction of sp³-hybridized carbons (Fsp3) is 0.0735. The lowest BCUT2D eigenvalue weighted by atomic mass is 10.1. The molecule has 0 unspecified atom stereocenters. The first-order valence-corrected chi connectivity index (χ1v) is 27.7. The molecule has 12 aromatic rings. The van der Waals surface area contributed by atoms with E-state index in [1.807, 2.05) is 178 Å². The van der Waals surface area contributed by atoms with Crippen molar-refractivity contribution in [3.8, 4) is 68.7 Å². The highest BCUT2D eigenvalue weighted by Crippen LogP contribution is 2.29. The topological polar surface area (TPSA) is 223 Å². The number of para-hydroxylation sites is 3. The molecule has 0 fully saturated rings. The molecule has 432 valence electrons. The number of aryl methyl sites for hydroxylation is 2. The molecule has 0 aliphatic carbocycles. The third kappa shape index (κ3) is 17.2. The van der Waals surface area contributed by atoms with Crippen molar-refractivity contribution >= 4 is 33.8 Å². The Labute approximate surface area is 507 Å². The monoisotopic (exact) mass is 1220 g/mol. The van der Waals surface area contributed by atoms with Crippen LogP contribution in [0.1, 0.15) is 59.5 Å². The van der Waals surface area contributed by atoms with Gasteiger partial charge >= 0.3 is 17.9 Å². The second-order valence-electron chi connectivity index (χ2n) is 18.9. The van der Waals surface area contributed by atoms with E-state index in [9.17, 15) is 14.4 Å². The number of halogens is 1. The van der Waals surface area contributed by atoms with Crippen molar-refractivity contribution in [2.75, 3.05) is 0 Å². The predicted octanol–water partition coefficient (Wildman–Crippen LogP) is 16.0. The maximum atomic E-state index is 12.2. The van der Waals surface area contributed by atoms with Crippen molar-refractivity contribution in [3.05, 3.63) is 287 Å². The van der Waals surface area contributed by atoms with E-state index in [4.69, 9.17) is 42.0 Å². The van der Waals surface area contributed by atoms with E-state index in [0.29, 0.717) is 85.9 Å². The number of carbonyl (C=O) groups excluding carboxylic acids is 3. The van der Waals surface area contributed by atoms with E-state index < -0.39 is 17.9 Å². The average molecular weight is 1220 g/mol. The van der Waals surface area contributed by atoms with Crippen molar-refractivity contribution in [1.29, 1.82) is 0 Å². The smallest absolute Gasteiger partial charge is 0.340 e. The Bertz CT molecular complexity index is 4170. The van der Waals surface area contributed by atoms with Crippen molar-refractivity contribution in [3.63, 3.8) is 0 Å². The molecule has 0 N–H and O–H groups in total.